The molecule has 174 valence electrons. The summed E-state index contributed by atoms with van der Waals surface area (Å²) >= 11 is 7.57. The molecule has 1 aliphatic carbocycles. The molecule has 0 bridgehead atoms. The highest BCUT2D eigenvalue weighted by atomic mass is 35.5. The maximum absolute atomic E-state index is 12.6. The van der Waals surface area contributed by atoms with Crippen LogP contribution in [0.15, 0.2) is 64.9 Å². The van der Waals surface area contributed by atoms with Gasteiger partial charge in [0.1, 0.15) is 0 Å². The maximum Gasteiger partial charge on any atom is 0.264 e. The molecule has 1 aliphatic heterocycles. The highest BCUT2D eigenvalue weighted by Crippen LogP contribution is 2.34. The average Bonchev–Trinajstić information content (AvgIpc) is 3.41. The monoisotopic (exact) mass is 502 g/mol. The van der Waals surface area contributed by atoms with E-state index in [0.29, 0.717) is 26.5 Å². The minimum absolute atomic E-state index is 0.0180. The molecule has 6 rings (SSSR count). The molecule has 3 heterocycles. The van der Waals surface area contributed by atoms with Crippen LogP contribution in [0, 0.1) is 5.92 Å². The number of halogens is 1. The summed E-state index contributed by atoms with van der Waals surface area (Å²) in [4.78, 5) is 38.7. The summed E-state index contributed by atoms with van der Waals surface area (Å²) in [6, 6.07) is 11.0. The van der Waals surface area contributed by atoms with E-state index in [-0.39, 0.29) is 17.7 Å². The lowest BCUT2D eigenvalue weighted by molar-refractivity contribution is -0.122. The van der Waals surface area contributed by atoms with Crippen LogP contribution in [0.25, 0.3) is 22.8 Å². The first-order valence-corrected chi connectivity index (χ1v) is 12.3. The zero-order chi connectivity index (χ0) is 23.9. The minimum Gasteiger partial charge on any atom is -0.326 e. The number of carbonyl (C=O) groups is 2. The Balaban J connectivity index is 1.25. The molecule has 8 nitrogen and oxygen atoms in total. The second kappa shape index (κ2) is 8.83. The molecule has 1 saturated carbocycles. The van der Waals surface area contributed by atoms with Gasteiger partial charge in [-0.2, -0.15) is 0 Å². The number of anilines is 1. The minimum atomic E-state index is -0.238. The SMILES string of the molecule is O=C1NC(=Nc2cc(NC(=O)C3CCC3)ccc2Cl)S/C1=C\c1ccc2ncc3nccn3c2c1. The number of aliphatic imine (C=N–C) groups is 1. The Morgan fingerprint density at radius 1 is 1.23 bits per heavy atom. The lowest BCUT2D eigenvalue weighted by atomic mass is 9.85. The van der Waals surface area contributed by atoms with Crippen molar-refractivity contribution in [1.82, 2.24) is 19.7 Å². The number of nitrogens with zero attached hydrogens (tertiary/aromatic N) is 4. The highest BCUT2D eigenvalue weighted by molar-refractivity contribution is 8.18. The van der Waals surface area contributed by atoms with E-state index in [4.69, 9.17) is 11.6 Å². The summed E-state index contributed by atoms with van der Waals surface area (Å²) in [5.41, 5.74) is 4.46. The standard InChI is InChI=1S/C25H19ClN6O2S/c26-17-6-5-16(29-23(33)15-2-1-3-15)12-19(17)30-25-31-24(34)21(35-25)11-14-4-7-18-20(10-14)32-9-8-27-22(32)13-28-18/h4-13,15H,1-3H2,(H,29,33)(H,30,31,34)/b21-11-. The van der Waals surface area contributed by atoms with E-state index in [9.17, 15) is 9.59 Å². The fourth-order valence-electron chi connectivity index (χ4n) is 4.01. The molecule has 2 fully saturated rings. The van der Waals surface area contributed by atoms with Gasteiger partial charge in [0.25, 0.3) is 5.91 Å². The number of aromatic nitrogens is 3. The van der Waals surface area contributed by atoms with Crippen LogP contribution in [0.5, 0.6) is 0 Å². The van der Waals surface area contributed by atoms with Gasteiger partial charge in [-0.05, 0) is 66.6 Å². The zero-order valence-electron chi connectivity index (χ0n) is 18.4. The van der Waals surface area contributed by atoms with Gasteiger partial charge in [0, 0.05) is 24.0 Å². The highest BCUT2D eigenvalue weighted by Gasteiger charge is 2.26. The van der Waals surface area contributed by atoms with E-state index >= 15 is 0 Å². The molecule has 0 spiro atoms. The Kier molecular flexibility index (Phi) is 5.50. The maximum atomic E-state index is 12.6. The van der Waals surface area contributed by atoms with Gasteiger partial charge in [-0.15, -0.1) is 0 Å². The molecule has 2 amide bonds. The summed E-state index contributed by atoms with van der Waals surface area (Å²) in [5.74, 6) is -0.142. The van der Waals surface area contributed by atoms with Crippen molar-refractivity contribution in [2.75, 3.05) is 5.32 Å². The Hall–Kier alpha value is -3.69. The third-order valence-corrected chi connectivity index (χ3v) is 7.34. The van der Waals surface area contributed by atoms with E-state index in [1.165, 1.54) is 11.8 Å². The second-order valence-electron chi connectivity index (χ2n) is 8.43. The quantitative estimate of drug-likeness (QED) is 0.375. The summed E-state index contributed by atoms with van der Waals surface area (Å²) in [6.45, 7) is 0. The summed E-state index contributed by atoms with van der Waals surface area (Å²) in [6.07, 6.45) is 10.1. The van der Waals surface area contributed by atoms with Crippen molar-refractivity contribution in [3.05, 3.63) is 70.5 Å². The van der Waals surface area contributed by atoms with Crippen LogP contribution in [0.1, 0.15) is 24.8 Å². The van der Waals surface area contributed by atoms with Crippen molar-refractivity contribution in [1.29, 1.82) is 0 Å². The normalized spacial score (nSPS) is 18.4. The van der Waals surface area contributed by atoms with Crippen LogP contribution >= 0.6 is 23.4 Å². The van der Waals surface area contributed by atoms with Crippen LogP contribution in [-0.2, 0) is 9.59 Å². The third-order valence-electron chi connectivity index (χ3n) is 6.11. The molecule has 2 aliphatic rings. The fraction of sp³-hybridized carbons (Fsp3) is 0.160. The van der Waals surface area contributed by atoms with Crippen LogP contribution < -0.4 is 10.6 Å². The van der Waals surface area contributed by atoms with Gasteiger partial charge in [0.15, 0.2) is 10.8 Å². The molecule has 0 unspecified atom stereocenters. The van der Waals surface area contributed by atoms with Crippen LogP contribution in [0.3, 0.4) is 0 Å². The van der Waals surface area contributed by atoms with Gasteiger partial charge in [-0.25, -0.2) is 9.98 Å². The molecule has 2 aromatic heterocycles. The molecule has 10 heteroatoms. The predicted molar refractivity (Wildman–Crippen MR) is 139 cm³/mol. The Labute approximate surface area is 209 Å². The summed E-state index contributed by atoms with van der Waals surface area (Å²) < 4.78 is 1.96. The van der Waals surface area contributed by atoms with Gasteiger partial charge in [0.2, 0.25) is 5.91 Å². The van der Waals surface area contributed by atoms with E-state index < -0.39 is 0 Å². The number of fused-ring (bicyclic) bond motifs is 3. The molecule has 2 N–H and O–H groups in total. The molecule has 4 aromatic rings. The number of benzene rings is 2. The number of thioether (sulfide) groups is 1. The molecule has 0 atom stereocenters. The van der Waals surface area contributed by atoms with Gasteiger partial charge in [-0.1, -0.05) is 24.1 Å². The Morgan fingerprint density at radius 2 is 2.11 bits per heavy atom. The lowest BCUT2D eigenvalue weighted by Gasteiger charge is -2.24. The van der Waals surface area contributed by atoms with Crippen molar-refractivity contribution in [2.24, 2.45) is 10.9 Å². The number of imidazole rings is 1. The summed E-state index contributed by atoms with van der Waals surface area (Å²) in [5, 5.41) is 6.57. The number of hydrogen-bond donors (Lipinski definition) is 2. The number of nitrogens with one attached hydrogen (secondary N) is 2. The fourth-order valence-corrected chi connectivity index (χ4v) is 5.00. The zero-order valence-corrected chi connectivity index (χ0v) is 19.9. The van der Waals surface area contributed by atoms with Gasteiger partial charge >= 0.3 is 0 Å². The summed E-state index contributed by atoms with van der Waals surface area (Å²) in [7, 11) is 0. The van der Waals surface area contributed by atoms with Crippen molar-refractivity contribution in [3.63, 3.8) is 0 Å². The van der Waals surface area contributed by atoms with Gasteiger partial charge in [-0.3, -0.25) is 19.0 Å². The number of hydrogen-bond acceptors (Lipinski definition) is 6. The van der Waals surface area contributed by atoms with Crippen LogP contribution in [0.4, 0.5) is 11.4 Å². The van der Waals surface area contributed by atoms with E-state index in [1.54, 1.807) is 30.6 Å². The van der Waals surface area contributed by atoms with Gasteiger partial charge in [0.05, 0.1) is 32.8 Å². The topological polar surface area (TPSA) is 101 Å². The number of rotatable bonds is 4. The van der Waals surface area contributed by atoms with Crippen molar-refractivity contribution in [3.8, 4) is 0 Å². The Bertz CT molecular complexity index is 1570. The lowest BCUT2D eigenvalue weighted by Crippen LogP contribution is -2.27. The molecule has 1 saturated heterocycles. The van der Waals surface area contributed by atoms with Crippen molar-refractivity contribution >= 4 is 74.5 Å². The van der Waals surface area contributed by atoms with Crippen molar-refractivity contribution in [2.45, 2.75) is 19.3 Å². The van der Waals surface area contributed by atoms with E-state index in [1.807, 2.05) is 34.9 Å². The van der Waals surface area contributed by atoms with E-state index in [2.05, 4.69) is 25.6 Å². The number of amidine groups is 1. The molecular formula is C25H19ClN6O2S. The van der Waals surface area contributed by atoms with E-state index in [0.717, 1.165) is 41.5 Å². The molecule has 35 heavy (non-hydrogen) atoms. The number of carbonyl (C=O) groups excluding carboxylic acids is 2. The first-order chi connectivity index (χ1) is 17.0. The van der Waals surface area contributed by atoms with Crippen LogP contribution in [0.2, 0.25) is 5.02 Å². The second-order valence-corrected chi connectivity index (χ2v) is 9.86. The van der Waals surface area contributed by atoms with Gasteiger partial charge < -0.3 is 10.6 Å². The smallest absolute Gasteiger partial charge is 0.264 e. The first-order valence-electron chi connectivity index (χ1n) is 11.2. The molecular weight excluding hydrogens is 484 g/mol. The largest absolute Gasteiger partial charge is 0.326 e. The Morgan fingerprint density at radius 3 is 2.94 bits per heavy atom. The molecule has 0 radical (unpaired) electrons. The third kappa shape index (κ3) is 4.28. The predicted octanol–water partition coefficient (Wildman–Crippen LogP) is 5.17. The number of amides is 2. The molecule has 2 aromatic carbocycles. The average molecular weight is 503 g/mol. The first kappa shape index (κ1) is 21.8. The van der Waals surface area contributed by atoms with Crippen LogP contribution in [-0.4, -0.2) is 31.4 Å². The van der Waals surface area contributed by atoms with Crippen molar-refractivity contribution < 1.29 is 9.59 Å².